The summed E-state index contributed by atoms with van der Waals surface area (Å²) in [4.78, 5) is 16.4. The summed E-state index contributed by atoms with van der Waals surface area (Å²) in [6.45, 7) is 0.846. The Morgan fingerprint density at radius 3 is 2.83 bits per heavy atom. The van der Waals surface area contributed by atoms with E-state index in [4.69, 9.17) is 4.74 Å². The van der Waals surface area contributed by atoms with Gasteiger partial charge >= 0.3 is 0 Å². The van der Waals surface area contributed by atoms with Crippen LogP contribution in [0, 0.1) is 0 Å². The second-order valence-corrected chi connectivity index (χ2v) is 5.27. The standard InChI is InChI=1S/C18H19N3O2/c1-23-17-9-5-2-6-14(17)10-11-19-18(22)12-21-13-20-15-7-3-4-8-16(15)21/h2-9,13H,10-12H2,1H3,(H,19,22). The Labute approximate surface area is 134 Å². The van der Waals surface area contributed by atoms with Gasteiger partial charge in [-0.05, 0) is 30.2 Å². The molecule has 0 aliphatic heterocycles. The highest BCUT2D eigenvalue weighted by Gasteiger charge is 2.07. The summed E-state index contributed by atoms with van der Waals surface area (Å²) in [5.74, 6) is 0.824. The molecule has 1 heterocycles. The van der Waals surface area contributed by atoms with E-state index in [9.17, 15) is 4.79 Å². The van der Waals surface area contributed by atoms with Crippen LogP contribution in [0.5, 0.6) is 5.75 Å². The smallest absolute Gasteiger partial charge is 0.240 e. The molecule has 118 valence electrons. The molecule has 0 saturated heterocycles. The van der Waals surface area contributed by atoms with E-state index < -0.39 is 0 Å². The van der Waals surface area contributed by atoms with Gasteiger partial charge in [-0.1, -0.05) is 30.3 Å². The predicted molar refractivity (Wildman–Crippen MR) is 89.4 cm³/mol. The monoisotopic (exact) mass is 309 g/mol. The Morgan fingerprint density at radius 2 is 1.96 bits per heavy atom. The number of benzene rings is 2. The molecular formula is C18H19N3O2. The molecule has 0 aliphatic rings. The Balaban J connectivity index is 1.56. The number of para-hydroxylation sites is 3. The fourth-order valence-corrected chi connectivity index (χ4v) is 2.59. The highest BCUT2D eigenvalue weighted by molar-refractivity contribution is 5.80. The molecule has 3 rings (SSSR count). The van der Waals surface area contributed by atoms with Gasteiger partial charge in [0.25, 0.3) is 0 Å². The van der Waals surface area contributed by atoms with Crippen molar-refractivity contribution in [2.24, 2.45) is 0 Å². The topological polar surface area (TPSA) is 56.1 Å². The maximum atomic E-state index is 12.1. The lowest BCUT2D eigenvalue weighted by Gasteiger charge is -2.09. The number of imidazole rings is 1. The predicted octanol–water partition coefficient (Wildman–Crippen LogP) is 2.40. The van der Waals surface area contributed by atoms with Gasteiger partial charge in [0, 0.05) is 6.54 Å². The number of ether oxygens (including phenoxy) is 1. The van der Waals surface area contributed by atoms with E-state index in [0.717, 1.165) is 28.8 Å². The van der Waals surface area contributed by atoms with Crippen LogP contribution in [-0.2, 0) is 17.8 Å². The number of amides is 1. The lowest BCUT2D eigenvalue weighted by Crippen LogP contribution is -2.29. The van der Waals surface area contributed by atoms with Crippen LogP contribution < -0.4 is 10.1 Å². The first-order valence-electron chi connectivity index (χ1n) is 7.56. The highest BCUT2D eigenvalue weighted by atomic mass is 16.5. The van der Waals surface area contributed by atoms with Crippen molar-refractivity contribution in [3.8, 4) is 5.75 Å². The zero-order chi connectivity index (χ0) is 16.1. The molecule has 5 heteroatoms. The molecule has 0 radical (unpaired) electrons. The minimum Gasteiger partial charge on any atom is -0.496 e. The summed E-state index contributed by atoms with van der Waals surface area (Å²) in [7, 11) is 1.65. The molecule has 1 amide bonds. The van der Waals surface area contributed by atoms with Crippen molar-refractivity contribution in [1.29, 1.82) is 0 Å². The van der Waals surface area contributed by atoms with Gasteiger partial charge in [0.1, 0.15) is 12.3 Å². The van der Waals surface area contributed by atoms with E-state index in [1.54, 1.807) is 13.4 Å². The largest absolute Gasteiger partial charge is 0.496 e. The number of nitrogens with zero attached hydrogens (tertiary/aromatic N) is 2. The third-order valence-electron chi connectivity index (χ3n) is 3.75. The van der Waals surface area contributed by atoms with E-state index in [1.165, 1.54) is 0 Å². The summed E-state index contributed by atoms with van der Waals surface area (Å²) in [6, 6.07) is 15.6. The number of nitrogens with one attached hydrogen (secondary N) is 1. The van der Waals surface area contributed by atoms with Crippen LogP contribution in [-0.4, -0.2) is 29.1 Å². The zero-order valence-corrected chi connectivity index (χ0v) is 13.0. The number of carbonyl (C=O) groups excluding carboxylic acids is 1. The Hall–Kier alpha value is -2.82. The Morgan fingerprint density at radius 1 is 1.17 bits per heavy atom. The Bertz CT molecular complexity index is 811. The van der Waals surface area contributed by atoms with Gasteiger partial charge in [-0.25, -0.2) is 4.98 Å². The van der Waals surface area contributed by atoms with E-state index >= 15 is 0 Å². The van der Waals surface area contributed by atoms with Gasteiger partial charge in [-0.15, -0.1) is 0 Å². The second-order valence-electron chi connectivity index (χ2n) is 5.27. The second kappa shape index (κ2) is 6.96. The number of hydrogen-bond acceptors (Lipinski definition) is 3. The summed E-state index contributed by atoms with van der Waals surface area (Å²) >= 11 is 0. The number of aromatic nitrogens is 2. The first-order chi connectivity index (χ1) is 11.3. The highest BCUT2D eigenvalue weighted by Crippen LogP contribution is 2.17. The fraction of sp³-hybridized carbons (Fsp3) is 0.222. The molecule has 5 nitrogen and oxygen atoms in total. The molecule has 3 aromatic rings. The van der Waals surface area contributed by atoms with Crippen LogP contribution in [0.1, 0.15) is 5.56 Å². The van der Waals surface area contributed by atoms with Crippen LogP contribution in [0.3, 0.4) is 0 Å². The van der Waals surface area contributed by atoms with Gasteiger partial charge in [0.05, 0.1) is 24.5 Å². The molecular weight excluding hydrogens is 290 g/mol. The first kappa shape index (κ1) is 15.1. The number of methoxy groups -OCH3 is 1. The normalized spacial score (nSPS) is 10.7. The van der Waals surface area contributed by atoms with Crippen LogP contribution in [0.4, 0.5) is 0 Å². The Kier molecular flexibility index (Phi) is 4.57. The van der Waals surface area contributed by atoms with Gasteiger partial charge < -0.3 is 14.6 Å². The van der Waals surface area contributed by atoms with Gasteiger partial charge in [0.15, 0.2) is 0 Å². The third-order valence-corrected chi connectivity index (χ3v) is 3.75. The van der Waals surface area contributed by atoms with Gasteiger partial charge in [0.2, 0.25) is 5.91 Å². The summed E-state index contributed by atoms with van der Waals surface area (Å²) in [6.07, 6.45) is 2.44. The molecule has 0 saturated carbocycles. The number of hydrogen-bond donors (Lipinski definition) is 1. The number of carbonyl (C=O) groups is 1. The van der Waals surface area contributed by atoms with Crippen molar-refractivity contribution in [3.63, 3.8) is 0 Å². The molecule has 0 unspecified atom stereocenters. The molecule has 0 aliphatic carbocycles. The van der Waals surface area contributed by atoms with Gasteiger partial charge in [-0.2, -0.15) is 0 Å². The molecule has 0 fully saturated rings. The lowest BCUT2D eigenvalue weighted by atomic mass is 10.1. The maximum absolute atomic E-state index is 12.1. The molecule has 2 aromatic carbocycles. The molecule has 0 atom stereocenters. The van der Waals surface area contributed by atoms with Crippen molar-refractivity contribution in [2.75, 3.05) is 13.7 Å². The molecule has 1 aromatic heterocycles. The quantitative estimate of drug-likeness (QED) is 0.761. The molecule has 0 bridgehead atoms. The van der Waals surface area contributed by atoms with E-state index in [2.05, 4.69) is 10.3 Å². The van der Waals surface area contributed by atoms with E-state index in [-0.39, 0.29) is 12.5 Å². The SMILES string of the molecule is COc1ccccc1CCNC(=O)Cn1cnc2ccccc21. The van der Waals surface area contributed by atoms with E-state index in [1.807, 2.05) is 53.1 Å². The van der Waals surface area contributed by atoms with Crippen molar-refractivity contribution in [3.05, 3.63) is 60.4 Å². The molecule has 23 heavy (non-hydrogen) atoms. The van der Waals surface area contributed by atoms with E-state index in [0.29, 0.717) is 6.54 Å². The molecule has 0 spiro atoms. The van der Waals surface area contributed by atoms with Crippen LogP contribution in [0.2, 0.25) is 0 Å². The first-order valence-corrected chi connectivity index (χ1v) is 7.56. The summed E-state index contributed by atoms with van der Waals surface area (Å²) in [5.41, 5.74) is 2.95. The van der Waals surface area contributed by atoms with Crippen LogP contribution in [0.15, 0.2) is 54.9 Å². The number of fused-ring (bicyclic) bond motifs is 1. The van der Waals surface area contributed by atoms with Crippen LogP contribution >= 0.6 is 0 Å². The fourth-order valence-electron chi connectivity index (χ4n) is 2.59. The van der Waals surface area contributed by atoms with Crippen LogP contribution in [0.25, 0.3) is 11.0 Å². The van der Waals surface area contributed by atoms with Gasteiger partial charge in [-0.3, -0.25) is 4.79 Å². The van der Waals surface area contributed by atoms with Crippen molar-refractivity contribution >= 4 is 16.9 Å². The van der Waals surface area contributed by atoms with Crippen molar-refractivity contribution in [2.45, 2.75) is 13.0 Å². The third kappa shape index (κ3) is 3.51. The zero-order valence-electron chi connectivity index (χ0n) is 13.0. The maximum Gasteiger partial charge on any atom is 0.240 e. The lowest BCUT2D eigenvalue weighted by molar-refractivity contribution is -0.121. The summed E-state index contributed by atoms with van der Waals surface area (Å²) in [5, 5.41) is 2.94. The summed E-state index contributed by atoms with van der Waals surface area (Å²) < 4.78 is 7.17. The molecule has 1 N–H and O–H groups in total. The average molecular weight is 309 g/mol. The number of rotatable bonds is 6. The van der Waals surface area contributed by atoms with Crippen molar-refractivity contribution in [1.82, 2.24) is 14.9 Å². The minimum absolute atomic E-state index is 0.0250. The average Bonchev–Trinajstić information content (AvgIpc) is 2.98. The minimum atomic E-state index is -0.0250. The van der Waals surface area contributed by atoms with Crippen molar-refractivity contribution < 1.29 is 9.53 Å².